The smallest absolute Gasteiger partial charge is 0.419 e. The molecule has 0 spiro atoms. The number of likely N-dealkylation sites (tertiary alicyclic amines) is 1. The first-order chi connectivity index (χ1) is 13.7. The van der Waals surface area contributed by atoms with Crippen LogP contribution >= 0.6 is 11.6 Å². The minimum Gasteiger partial charge on any atom is -0.461 e. The molecule has 3 heterocycles. The van der Waals surface area contributed by atoms with Gasteiger partial charge in [0.15, 0.2) is 0 Å². The lowest BCUT2D eigenvalue weighted by atomic mass is 10.0. The van der Waals surface area contributed by atoms with E-state index in [4.69, 9.17) is 16.3 Å². The Bertz CT molecular complexity index is 923. The molecule has 1 saturated heterocycles. The summed E-state index contributed by atoms with van der Waals surface area (Å²) in [4.78, 5) is 26.3. The molecule has 3 unspecified atom stereocenters. The number of halogens is 4. The summed E-state index contributed by atoms with van der Waals surface area (Å²) in [6, 6.07) is 2.96. The lowest BCUT2D eigenvalue weighted by Gasteiger charge is -2.35. The predicted octanol–water partition coefficient (Wildman–Crippen LogP) is 3.78. The molecule has 6 nitrogen and oxygen atoms in total. The number of carbonyl (C=O) groups is 1. The average Bonchev–Trinajstić information content (AvgIpc) is 3.45. The van der Waals surface area contributed by atoms with Crippen molar-refractivity contribution in [2.24, 2.45) is 11.8 Å². The van der Waals surface area contributed by atoms with Crippen LogP contribution in [-0.4, -0.2) is 45.0 Å². The molecule has 2 aliphatic rings. The fourth-order valence-corrected chi connectivity index (χ4v) is 3.83. The van der Waals surface area contributed by atoms with Crippen molar-refractivity contribution >= 4 is 17.5 Å². The molecule has 1 aliphatic carbocycles. The zero-order valence-electron chi connectivity index (χ0n) is 15.5. The van der Waals surface area contributed by atoms with Gasteiger partial charge in [-0.1, -0.05) is 11.6 Å². The van der Waals surface area contributed by atoms with E-state index in [9.17, 15) is 18.0 Å². The van der Waals surface area contributed by atoms with Crippen molar-refractivity contribution in [3.63, 3.8) is 0 Å². The van der Waals surface area contributed by atoms with Gasteiger partial charge in [-0.15, -0.1) is 0 Å². The number of hydrogen-bond acceptors (Lipinski definition) is 5. The molecule has 2 aromatic rings. The Balaban J connectivity index is 1.48. The Kier molecular flexibility index (Phi) is 5.10. The van der Waals surface area contributed by atoms with Crippen molar-refractivity contribution < 1.29 is 22.7 Å². The summed E-state index contributed by atoms with van der Waals surface area (Å²) >= 11 is 6.18. The third kappa shape index (κ3) is 4.29. The first kappa shape index (κ1) is 19.9. The summed E-state index contributed by atoms with van der Waals surface area (Å²) in [5.41, 5.74) is -0.0631. The molecule has 10 heteroatoms. The molecule has 2 fully saturated rings. The van der Waals surface area contributed by atoms with Gasteiger partial charge in [0.1, 0.15) is 12.3 Å². The van der Waals surface area contributed by atoms with Crippen LogP contribution in [0, 0.1) is 18.8 Å². The number of aromatic nitrogens is 3. The number of hydrogen-bond donors (Lipinski definition) is 0. The summed E-state index contributed by atoms with van der Waals surface area (Å²) in [5, 5.41) is 0.282. The number of aryl methyl sites for hydroxylation is 1. The van der Waals surface area contributed by atoms with Crippen molar-refractivity contribution in [3.8, 4) is 6.01 Å². The highest BCUT2D eigenvalue weighted by atomic mass is 35.5. The van der Waals surface area contributed by atoms with E-state index >= 15 is 0 Å². The van der Waals surface area contributed by atoms with Crippen LogP contribution in [0.3, 0.4) is 0 Å². The van der Waals surface area contributed by atoms with Gasteiger partial charge < -0.3 is 9.64 Å². The summed E-state index contributed by atoms with van der Waals surface area (Å²) in [6.07, 6.45) is -1.35. The monoisotopic (exact) mass is 426 g/mol. The summed E-state index contributed by atoms with van der Waals surface area (Å²) in [5.74, 6) is 0.717. The molecule has 4 rings (SSSR count). The van der Waals surface area contributed by atoms with Gasteiger partial charge in [-0.05, 0) is 43.7 Å². The van der Waals surface area contributed by atoms with E-state index in [0.29, 0.717) is 36.5 Å². The van der Waals surface area contributed by atoms with Gasteiger partial charge in [0.25, 0.3) is 5.91 Å². The quantitative estimate of drug-likeness (QED) is 0.744. The van der Waals surface area contributed by atoms with Gasteiger partial charge in [0.2, 0.25) is 0 Å². The average molecular weight is 427 g/mol. The molecule has 1 aliphatic heterocycles. The maximum atomic E-state index is 13.1. The first-order valence-corrected chi connectivity index (χ1v) is 9.56. The maximum absolute atomic E-state index is 13.1. The second kappa shape index (κ2) is 7.44. The van der Waals surface area contributed by atoms with Gasteiger partial charge >= 0.3 is 12.2 Å². The highest BCUT2D eigenvalue weighted by molar-refractivity contribution is 6.33. The van der Waals surface area contributed by atoms with Gasteiger partial charge in [0, 0.05) is 24.6 Å². The van der Waals surface area contributed by atoms with Gasteiger partial charge in [-0.3, -0.25) is 4.79 Å². The summed E-state index contributed by atoms with van der Waals surface area (Å²) in [6.45, 7) is 2.45. The number of rotatable bonds is 4. The number of amides is 1. The zero-order valence-corrected chi connectivity index (χ0v) is 16.2. The van der Waals surface area contributed by atoms with E-state index in [-0.39, 0.29) is 35.3 Å². The number of alkyl halides is 3. The van der Waals surface area contributed by atoms with E-state index in [1.165, 1.54) is 0 Å². The first-order valence-electron chi connectivity index (χ1n) is 9.18. The molecule has 0 radical (unpaired) electrons. The lowest BCUT2D eigenvalue weighted by molar-refractivity contribution is -0.138. The van der Waals surface area contributed by atoms with Crippen LogP contribution in [0.25, 0.3) is 0 Å². The molecular weight excluding hydrogens is 409 g/mol. The Morgan fingerprint density at radius 3 is 2.66 bits per heavy atom. The second-order valence-corrected chi connectivity index (χ2v) is 7.86. The fraction of sp³-hybridized carbons (Fsp3) is 0.474. The topological polar surface area (TPSA) is 68.2 Å². The number of fused-ring (bicyclic) bond motifs is 1. The Morgan fingerprint density at radius 1 is 1.24 bits per heavy atom. The molecular formula is C19H18ClF3N4O2. The van der Waals surface area contributed by atoms with Crippen LogP contribution in [-0.2, 0) is 6.18 Å². The molecule has 0 aromatic carbocycles. The van der Waals surface area contributed by atoms with Crippen molar-refractivity contribution in [1.29, 1.82) is 0 Å². The Labute approximate surface area is 170 Å². The minimum atomic E-state index is -4.51. The lowest BCUT2D eigenvalue weighted by Crippen LogP contribution is -2.48. The standard InChI is InChI=1S/C19H18ClF3N4O2/c1-10-2-3-15(20)16(26-10)17(28)27-8-12-4-11(12)5-14(27)9-29-18-24-6-13(7-25-18)19(21,22)23/h2-3,6-7,11-12,14H,4-5,8-9H2,1H3. The maximum Gasteiger partial charge on any atom is 0.419 e. The fourth-order valence-electron chi connectivity index (χ4n) is 3.64. The molecule has 2 aromatic heterocycles. The van der Waals surface area contributed by atoms with Crippen LogP contribution in [0.1, 0.15) is 34.6 Å². The van der Waals surface area contributed by atoms with Crippen LogP contribution < -0.4 is 4.74 Å². The molecule has 3 atom stereocenters. The summed E-state index contributed by atoms with van der Waals surface area (Å²) in [7, 11) is 0. The molecule has 29 heavy (non-hydrogen) atoms. The molecule has 154 valence electrons. The molecule has 1 saturated carbocycles. The third-order valence-corrected chi connectivity index (χ3v) is 5.63. The van der Waals surface area contributed by atoms with E-state index in [2.05, 4.69) is 15.0 Å². The number of piperidine rings is 1. The van der Waals surface area contributed by atoms with E-state index < -0.39 is 11.7 Å². The predicted molar refractivity (Wildman–Crippen MR) is 97.6 cm³/mol. The minimum absolute atomic E-state index is 0.0871. The van der Waals surface area contributed by atoms with Crippen LogP contribution in [0.2, 0.25) is 5.02 Å². The van der Waals surface area contributed by atoms with Crippen molar-refractivity contribution in [1.82, 2.24) is 19.9 Å². The number of pyridine rings is 1. The van der Waals surface area contributed by atoms with Gasteiger partial charge in [-0.2, -0.15) is 13.2 Å². The van der Waals surface area contributed by atoms with Crippen molar-refractivity contribution in [2.45, 2.75) is 32.0 Å². The second-order valence-electron chi connectivity index (χ2n) is 7.45. The highest BCUT2D eigenvalue weighted by Crippen LogP contribution is 2.47. The van der Waals surface area contributed by atoms with E-state index in [1.807, 2.05) is 0 Å². The molecule has 0 N–H and O–H groups in total. The number of carbonyl (C=O) groups excluding carboxylic acids is 1. The van der Waals surface area contributed by atoms with Crippen LogP contribution in [0.5, 0.6) is 6.01 Å². The van der Waals surface area contributed by atoms with Gasteiger partial charge in [0.05, 0.1) is 16.6 Å². The number of ether oxygens (including phenoxy) is 1. The van der Waals surface area contributed by atoms with Crippen LogP contribution in [0.15, 0.2) is 24.5 Å². The van der Waals surface area contributed by atoms with Crippen molar-refractivity contribution in [3.05, 3.63) is 46.5 Å². The van der Waals surface area contributed by atoms with E-state index in [1.54, 1.807) is 24.0 Å². The SMILES string of the molecule is Cc1ccc(Cl)c(C(=O)N2CC3CC3CC2COc2ncc(C(F)(F)F)cn2)n1. The van der Waals surface area contributed by atoms with Gasteiger partial charge in [-0.25, -0.2) is 15.0 Å². The Hall–Kier alpha value is -2.42. The highest BCUT2D eigenvalue weighted by Gasteiger charge is 2.47. The molecule has 1 amide bonds. The van der Waals surface area contributed by atoms with Crippen LogP contribution in [0.4, 0.5) is 13.2 Å². The number of nitrogens with zero attached hydrogens (tertiary/aromatic N) is 4. The zero-order chi connectivity index (χ0) is 20.8. The Morgan fingerprint density at radius 2 is 1.97 bits per heavy atom. The van der Waals surface area contributed by atoms with E-state index in [0.717, 1.165) is 12.8 Å². The molecule has 0 bridgehead atoms. The largest absolute Gasteiger partial charge is 0.461 e. The summed E-state index contributed by atoms with van der Waals surface area (Å²) < 4.78 is 43.4. The van der Waals surface area contributed by atoms with Crippen molar-refractivity contribution in [2.75, 3.05) is 13.2 Å². The normalized spacial score (nSPS) is 23.5. The third-order valence-electron chi connectivity index (χ3n) is 5.32.